The van der Waals surface area contributed by atoms with Crippen LogP contribution < -0.4 is 11.2 Å². The van der Waals surface area contributed by atoms with E-state index in [-0.39, 0.29) is 5.56 Å². The largest absolute Gasteiger partial charge is 0.333 e. The van der Waals surface area contributed by atoms with E-state index in [9.17, 15) is 9.59 Å². The lowest BCUT2D eigenvalue weighted by Crippen LogP contribution is -2.29. The van der Waals surface area contributed by atoms with Gasteiger partial charge in [0.2, 0.25) is 0 Å². The van der Waals surface area contributed by atoms with E-state index in [1.54, 1.807) is 16.9 Å². The summed E-state index contributed by atoms with van der Waals surface area (Å²) in [5.74, 6) is 0. The van der Waals surface area contributed by atoms with Crippen LogP contribution in [0.2, 0.25) is 0 Å². The molecule has 1 N–H and O–H groups in total. The van der Waals surface area contributed by atoms with Gasteiger partial charge in [-0.05, 0) is 5.56 Å². The second-order valence-electron chi connectivity index (χ2n) is 4.67. The number of hydrogen-bond donors (Lipinski definition) is 1. The van der Waals surface area contributed by atoms with E-state index in [4.69, 9.17) is 5.26 Å². The Labute approximate surface area is 124 Å². The van der Waals surface area contributed by atoms with Gasteiger partial charge in [-0.25, -0.2) is 4.79 Å². The van der Waals surface area contributed by atoms with Crippen LogP contribution in [-0.4, -0.2) is 19.3 Å². The molecule has 0 saturated heterocycles. The second kappa shape index (κ2) is 5.54. The van der Waals surface area contributed by atoms with E-state index in [1.807, 2.05) is 30.3 Å². The molecule has 7 heteroatoms. The normalized spacial score (nSPS) is 10.3. The molecule has 2 aromatic heterocycles. The fourth-order valence-electron chi connectivity index (χ4n) is 2.08. The fourth-order valence-corrected chi connectivity index (χ4v) is 2.08. The first-order valence-corrected chi connectivity index (χ1v) is 6.50. The van der Waals surface area contributed by atoms with E-state index in [0.29, 0.717) is 12.2 Å². The lowest BCUT2D eigenvalue weighted by atomic mass is 10.2. The number of aromatic nitrogens is 4. The van der Waals surface area contributed by atoms with Gasteiger partial charge in [0.15, 0.2) is 0 Å². The molecule has 3 aromatic rings. The van der Waals surface area contributed by atoms with Crippen LogP contribution in [0.3, 0.4) is 0 Å². The molecule has 0 aliphatic carbocycles. The third-order valence-electron chi connectivity index (χ3n) is 3.15. The van der Waals surface area contributed by atoms with Gasteiger partial charge in [0.05, 0.1) is 18.4 Å². The topological polar surface area (TPSA) is 96.5 Å². The summed E-state index contributed by atoms with van der Waals surface area (Å²) in [6.45, 7) is 0.560. The number of H-pyrrole nitrogens is 1. The Morgan fingerprint density at radius 2 is 1.95 bits per heavy atom. The average molecular weight is 293 g/mol. The maximum atomic E-state index is 11.8. The van der Waals surface area contributed by atoms with Crippen molar-refractivity contribution in [2.45, 2.75) is 6.54 Å². The monoisotopic (exact) mass is 293 g/mol. The van der Waals surface area contributed by atoms with E-state index in [1.165, 1.54) is 17.0 Å². The first-order chi connectivity index (χ1) is 10.7. The van der Waals surface area contributed by atoms with Crippen molar-refractivity contribution < 1.29 is 0 Å². The maximum absolute atomic E-state index is 11.8. The summed E-state index contributed by atoms with van der Waals surface area (Å²) in [5, 5.41) is 13.1. The highest BCUT2D eigenvalue weighted by Gasteiger charge is 2.08. The molecule has 0 radical (unpaired) electrons. The van der Waals surface area contributed by atoms with Crippen LogP contribution in [0.1, 0.15) is 11.1 Å². The molecule has 3 rings (SSSR count). The van der Waals surface area contributed by atoms with Gasteiger partial charge < -0.3 is 0 Å². The van der Waals surface area contributed by atoms with Crippen LogP contribution in [0.5, 0.6) is 0 Å². The minimum atomic E-state index is -0.694. The molecular weight excluding hydrogens is 282 g/mol. The van der Waals surface area contributed by atoms with Crippen LogP contribution in [-0.2, 0) is 6.54 Å². The SMILES string of the molecule is N#Cc1cn(-c2cnn(Cc3ccccc3)c2)c(=O)[nH]c1=O. The Balaban J connectivity index is 1.96. The van der Waals surface area contributed by atoms with Gasteiger partial charge in [0.1, 0.15) is 11.6 Å². The van der Waals surface area contributed by atoms with Crippen molar-refractivity contribution in [1.29, 1.82) is 5.26 Å². The molecule has 0 spiro atoms. The molecule has 108 valence electrons. The Hall–Kier alpha value is -3.40. The highest BCUT2D eigenvalue weighted by molar-refractivity contribution is 5.30. The lowest BCUT2D eigenvalue weighted by molar-refractivity contribution is 0.686. The molecule has 0 saturated carbocycles. The second-order valence-corrected chi connectivity index (χ2v) is 4.67. The molecule has 0 fully saturated rings. The Bertz CT molecular complexity index is 960. The maximum Gasteiger partial charge on any atom is 0.333 e. The van der Waals surface area contributed by atoms with Crippen LogP contribution in [0.4, 0.5) is 0 Å². The van der Waals surface area contributed by atoms with E-state index in [0.717, 1.165) is 5.56 Å². The van der Waals surface area contributed by atoms with Crippen LogP contribution >= 0.6 is 0 Å². The summed E-state index contributed by atoms with van der Waals surface area (Å²) >= 11 is 0. The summed E-state index contributed by atoms with van der Waals surface area (Å²) < 4.78 is 2.86. The summed E-state index contributed by atoms with van der Waals surface area (Å²) in [5.41, 5.74) is 0.122. The fraction of sp³-hybridized carbons (Fsp3) is 0.0667. The summed E-state index contributed by atoms with van der Waals surface area (Å²) in [6, 6.07) is 11.5. The van der Waals surface area contributed by atoms with Crippen molar-refractivity contribution >= 4 is 0 Å². The van der Waals surface area contributed by atoms with E-state index < -0.39 is 11.2 Å². The molecule has 0 atom stereocenters. The van der Waals surface area contributed by atoms with E-state index in [2.05, 4.69) is 10.1 Å². The first kappa shape index (κ1) is 13.6. The van der Waals surface area contributed by atoms with Crippen LogP contribution in [0, 0.1) is 11.3 Å². The standard InChI is InChI=1S/C15H11N5O2/c16-6-12-9-20(15(22)18-14(12)21)13-7-17-19(10-13)8-11-4-2-1-3-5-11/h1-5,7,9-10H,8H2,(H,18,21,22). The van der Waals surface area contributed by atoms with Crippen molar-refractivity contribution in [2.24, 2.45) is 0 Å². The predicted octanol–water partition coefficient (Wildman–Crippen LogP) is 0.642. The van der Waals surface area contributed by atoms with Crippen LogP contribution in [0.25, 0.3) is 5.69 Å². The minimum Gasteiger partial charge on any atom is -0.273 e. The number of nitrogens with zero attached hydrogens (tertiary/aromatic N) is 4. The smallest absolute Gasteiger partial charge is 0.273 e. The molecule has 0 aliphatic heterocycles. The Morgan fingerprint density at radius 1 is 1.18 bits per heavy atom. The molecule has 0 bridgehead atoms. The Kier molecular flexibility index (Phi) is 3.42. The van der Waals surface area contributed by atoms with Gasteiger partial charge in [0.25, 0.3) is 5.56 Å². The third kappa shape index (κ3) is 2.58. The third-order valence-corrected chi connectivity index (χ3v) is 3.15. The molecule has 0 amide bonds. The zero-order valence-electron chi connectivity index (χ0n) is 11.4. The molecule has 22 heavy (non-hydrogen) atoms. The van der Waals surface area contributed by atoms with Crippen molar-refractivity contribution in [2.75, 3.05) is 0 Å². The van der Waals surface area contributed by atoms with Crippen molar-refractivity contribution in [1.82, 2.24) is 19.3 Å². The Morgan fingerprint density at radius 3 is 2.68 bits per heavy atom. The number of benzene rings is 1. The molecule has 7 nitrogen and oxygen atoms in total. The first-order valence-electron chi connectivity index (χ1n) is 6.50. The number of nitriles is 1. The molecular formula is C15H11N5O2. The van der Waals surface area contributed by atoms with Crippen molar-refractivity contribution in [3.05, 3.63) is 80.9 Å². The van der Waals surface area contributed by atoms with Crippen molar-refractivity contribution in [3.63, 3.8) is 0 Å². The quantitative estimate of drug-likeness (QED) is 0.766. The van der Waals surface area contributed by atoms with Gasteiger partial charge in [-0.15, -0.1) is 0 Å². The van der Waals surface area contributed by atoms with Gasteiger partial charge in [-0.3, -0.25) is 19.0 Å². The predicted molar refractivity (Wildman–Crippen MR) is 78.7 cm³/mol. The average Bonchev–Trinajstić information content (AvgIpc) is 2.97. The zero-order chi connectivity index (χ0) is 15.5. The number of aromatic amines is 1. The molecule has 1 aromatic carbocycles. The van der Waals surface area contributed by atoms with E-state index >= 15 is 0 Å². The molecule has 0 aliphatic rings. The number of nitrogens with one attached hydrogen (secondary N) is 1. The van der Waals surface area contributed by atoms with Gasteiger partial charge >= 0.3 is 5.69 Å². The minimum absolute atomic E-state index is 0.129. The lowest BCUT2D eigenvalue weighted by Gasteiger charge is -2.02. The number of rotatable bonds is 3. The van der Waals surface area contributed by atoms with Gasteiger partial charge in [-0.2, -0.15) is 10.4 Å². The molecule has 0 unspecified atom stereocenters. The highest BCUT2D eigenvalue weighted by atomic mass is 16.2. The summed E-state index contributed by atoms with van der Waals surface area (Å²) in [7, 11) is 0. The highest BCUT2D eigenvalue weighted by Crippen LogP contribution is 2.06. The van der Waals surface area contributed by atoms with Gasteiger partial charge in [-0.1, -0.05) is 30.3 Å². The molecule has 2 heterocycles. The zero-order valence-corrected chi connectivity index (χ0v) is 11.4. The van der Waals surface area contributed by atoms with Crippen molar-refractivity contribution in [3.8, 4) is 11.8 Å². The van der Waals surface area contributed by atoms with Gasteiger partial charge in [0, 0.05) is 12.4 Å². The summed E-state index contributed by atoms with van der Waals surface area (Å²) in [4.78, 5) is 25.3. The van der Waals surface area contributed by atoms with Crippen LogP contribution in [0.15, 0.2) is 58.5 Å². The number of hydrogen-bond acceptors (Lipinski definition) is 4. The summed E-state index contributed by atoms with van der Waals surface area (Å²) in [6.07, 6.45) is 4.39.